The largest absolute Gasteiger partial charge is 0.508 e. The highest BCUT2D eigenvalue weighted by Crippen LogP contribution is 2.28. The lowest BCUT2D eigenvalue weighted by Crippen LogP contribution is -2.61. The second-order valence-corrected chi connectivity index (χ2v) is 33.9. The average Bonchev–Trinajstić information content (AvgIpc) is 1.50. The molecule has 714 valence electrons. The number of imidazole rings is 1. The summed E-state index contributed by atoms with van der Waals surface area (Å²) in [4.78, 5) is 271. The minimum absolute atomic E-state index is 0.00155. The van der Waals surface area contributed by atoms with E-state index in [2.05, 4.69) is 67.8 Å². The topological polar surface area (TPSA) is 657 Å². The van der Waals surface area contributed by atoms with Gasteiger partial charge in [0, 0.05) is 118 Å². The van der Waals surface area contributed by atoms with Gasteiger partial charge in [0.05, 0.1) is 43.5 Å². The number of hydrogen-bond acceptors (Lipinski definition) is 24. The highest BCUT2D eigenvalue weighted by atomic mass is 32.2. The van der Waals surface area contributed by atoms with Gasteiger partial charge in [0.1, 0.15) is 90.1 Å². The molecule has 0 unspecified atom stereocenters. The quantitative estimate of drug-likeness (QED) is 0.0168. The first kappa shape index (κ1) is 104. The average molecular weight is 1850 g/mol. The summed E-state index contributed by atoms with van der Waals surface area (Å²) in [5.41, 5.74) is 25.2. The number of likely N-dealkylation sites (N-methyl/N-ethyl adjacent to an activating group) is 3. The number of phenolic OH excluding ortho intramolecular Hbond substituents is 1. The number of nitrogens with zero attached hydrogens (tertiary/aromatic N) is 6. The van der Waals surface area contributed by atoms with Crippen molar-refractivity contribution in [3.8, 4) is 5.75 Å². The van der Waals surface area contributed by atoms with Crippen LogP contribution in [-0.4, -0.2) is 309 Å². The summed E-state index contributed by atoms with van der Waals surface area (Å²) in [6, 6.07) is -0.143. The van der Waals surface area contributed by atoms with Gasteiger partial charge in [0.15, 0.2) is 0 Å². The SMILES string of the molecule is CCCC[C@@H](C(=O)N(C)[C@@H](CCCC)C(=O)N[C@@H](C)C(=O)N[C@@H](CSCC(C)=O)C(=O)NCC(N)=O)N(C)C(=O)[C@H](Cc1c[nH]c2ccccc12)NC(=O)[C@H](CO)NC(=O)[C@H](Cc1c[nH]c2ccccc12)NC(=O)[C@@H]1C[C@@H](O)CN1C(=O)[C@H](CCC(N)=O)NC(=O)[C@H](Cc1cnc[nH]1)NC(=O)[C@@H]1CCCN1C(=O)[C@H](CC(N)=O)NC(=O)[C@H](C)N(C)C(=O)/C(N)=C\c1ccc(O)cc1. The van der Waals surface area contributed by atoms with Crippen LogP contribution in [0.2, 0.25) is 0 Å². The lowest BCUT2D eigenvalue weighted by molar-refractivity contribution is -0.149. The van der Waals surface area contributed by atoms with Crippen molar-refractivity contribution < 1.29 is 102 Å². The van der Waals surface area contributed by atoms with Gasteiger partial charge in [0.2, 0.25) is 94.5 Å². The summed E-state index contributed by atoms with van der Waals surface area (Å²) in [6.45, 7) is 5.37. The van der Waals surface area contributed by atoms with Gasteiger partial charge >= 0.3 is 0 Å². The fraction of sp³-hybridized carbons (Fsp3) is 0.489. The second kappa shape index (κ2) is 49.3. The molecular weight excluding hydrogens is 1730 g/mol. The van der Waals surface area contributed by atoms with Crippen LogP contribution in [0.4, 0.5) is 0 Å². The monoisotopic (exact) mass is 1850 g/mol. The number of hydrogen-bond donors (Lipinski definition) is 19. The van der Waals surface area contributed by atoms with Crippen LogP contribution in [0.3, 0.4) is 0 Å². The van der Waals surface area contributed by atoms with Gasteiger partial charge in [-0.15, -0.1) is 0 Å². The van der Waals surface area contributed by atoms with E-state index in [1.165, 1.54) is 89.7 Å². The Morgan fingerprint density at radius 2 is 1.11 bits per heavy atom. The molecule has 6 aromatic rings. The smallest absolute Gasteiger partial charge is 0.270 e. The molecule has 23 N–H and O–H groups in total. The molecule has 2 aliphatic heterocycles. The van der Waals surface area contributed by atoms with E-state index in [1.807, 2.05) is 13.8 Å². The number of fused-ring (bicyclic) bond motifs is 2. The molecule has 2 fully saturated rings. The zero-order valence-corrected chi connectivity index (χ0v) is 75.7. The van der Waals surface area contributed by atoms with Gasteiger partial charge in [-0.1, -0.05) is 88.1 Å². The predicted octanol–water partition coefficient (Wildman–Crippen LogP) is -3.11. The van der Waals surface area contributed by atoms with Gasteiger partial charge in [-0.3, -0.25) is 86.3 Å². The first-order valence-electron chi connectivity index (χ1n) is 43.4. The summed E-state index contributed by atoms with van der Waals surface area (Å²) < 4.78 is 0. The molecule has 0 bridgehead atoms. The summed E-state index contributed by atoms with van der Waals surface area (Å²) in [5, 5.41) is 56.7. The number of aromatic hydroxyl groups is 1. The zero-order chi connectivity index (χ0) is 96.9. The molecule has 43 nitrogen and oxygen atoms in total. The van der Waals surface area contributed by atoms with Gasteiger partial charge in [0.25, 0.3) is 5.91 Å². The Morgan fingerprint density at radius 1 is 0.568 bits per heavy atom. The van der Waals surface area contributed by atoms with E-state index in [-0.39, 0.29) is 85.9 Å². The minimum atomic E-state index is -1.91. The number of Topliss-reactive ketones (excluding diaryl/α,β-unsaturated/α-hetero) is 1. The number of carbonyl (C=O) groups is 18. The molecule has 44 heteroatoms. The molecule has 5 heterocycles. The van der Waals surface area contributed by atoms with Crippen LogP contribution in [0.25, 0.3) is 27.9 Å². The van der Waals surface area contributed by atoms with E-state index >= 15 is 28.8 Å². The van der Waals surface area contributed by atoms with Crippen molar-refractivity contribution in [1.29, 1.82) is 0 Å². The van der Waals surface area contributed by atoms with Gasteiger partial charge in [-0.05, 0) is 99.9 Å². The number of aliphatic hydroxyl groups is 2. The number of likely N-dealkylation sites (tertiary alicyclic amines) is 2. The van der Waals surface area contributed by atoms with Crippen LogP contribution in [0.5, 0.6) is 5.75 Å². The lowest BCUT2D eigenvalue weighted by Gasteiger charge is -2.36. The van der Waals surface area contributed by atoms with Crippen LogP contribution in [-0.2, 0) is 106 Å². The normalized spacial score (nSPS) is 16.8. The van der Waals surface area contributed by atoms with E-state index < -0.39 is 230 Å². The summed E-state index contributed by atoms with van der Waals surface area (Å²) >= 11 is 1.04. The number of nitrogens with one attached hydrogen (secondary N) is 12. The Kier molecular flexibility index (Phi) is 38.7. The van der Waals surface area contributed by atoms with Crippen molar-refractivity contribution in [3.05, 3.63) is 126 Å². The van der Waals surface area contributed by atoms with E-state index in [0.29, 0.717) is 64.2 Å². The van der Waals surface area contributed by atoms with Crippen LogP contribution in [0, 0.1) is 0 Å². The molecule has 132 heavy (non-hydrogen) atoms. The van der Waals surface area contributed by atoms with Crippen molar-refractivity contribution in [3.63, 3.8) is 0 Å². The number of β-amino-alcohol motifs (C(OH)–C–C–N with tert-alkyl or cyclic N) is 1. The number of H-pyrrole nitrogens is 3. The number of para-hydroxylation sites is 2. The van der Waals surface area contributed by atoms with Crippen molar-refractivity contribution in [1.82, 2.24) is 92.3 Å². The molecule has 2 saturated heterocycles. The molecule has 3 aromatic heterocycles. The lowest BCUT2D eigenvalue weighted by atomic mass is 10.00. The molecule has 2 aliphatic rings. The van der Waals surface area contributed by atoms with Crippen LogP contribution in [0.1, 0.15) is 134 Å². The third-order valence-corrected chi connectivity index (χ3v) is 24.1. The maximum absolute atomic E-state index is 15.5. The summed E-state index contributed by atoms with van der Waals surface area (Å²) in [6.07, 6.45) is 4.49. The number of phenols is 1. The van der Waals surface area contributed by atoms with Crippen LogP contribution >= 0.6 is 11.8 Å². The number of ketones is 1. The highest BCUT2D eigenvalue weighted by Gasteiger charge is 2.46. The number of aromatic nitrogens is 4. The Morgan fingerprint density at radius 3 is 1.69 bits per heavy atom. The van der Waals surface area contributed by atoms with Crippen molar-refractivity contribution in [2.75, 3.05) is 58.9 Å². The molecule has 0 radical (unpaired) electrons. The van der Waals surface area contributed by atoms with E-state index in [4.69, 9.17) is 22.9 Å². The number of benzene rings is 3. The maximum Gasteiger partial charge on any atom is 0.270 e. The van der Waals surface area contributed by atoms with E-state index in [9.17, 15) is 72.9 Å². The zero-order valence-electron chi connectivity index (χ0n) is 74.8. The van der Waals surface area contributed by atoms with Crippen LogP contribution < -0.4 is 70.8 Å². The van der Waals surface area contributed by atoms with Crippen molar-refractivity contribution >= 4 is 146 Å². The van der Waals surface area contributed by atoms with Crippen LogP contribution in [0.15, 0.2) is 103 Å². The van der Waals surface area contributed by atoms with Gasteiger partial charge < -0.3 is 126 Å². The molecule has 0 aliphatic carbocycles. The molecule has 0 spiro atoms. The van der Waals surface area contributed by atoms with Crippen molar-refractivity contribution in [2.24, 2.45) is 22.9 Å². The fourth-order valence-electron chi connectivity index (χ4n) is 15.5. The summed E-state index contributed by atoms with van der Waals surface area (Å²) in [7, 11) is 3.98. The number of unbranched alkanes of at least 4 members (excludes halogenated alkanes) is 2. The number of aliphatic hydroxyl groups excluding tert-OH is 2. The van der Waals surface area contributed by atoms with E-state index in [1.54, 1.807) is 60.9 Å². The molecule has 3 aromatic carbocycles. The molecule has 14 atom stereocenters. The Labute approximate surface area is 765 Å². The number of nitrogens with two attached hydrogens (primary N) is 4. The number of aromatic amines is 3. The van der Waals surface area contributed by atoms with Crippen molar-refractivity contribution in [2.45, 2.75) is 216 Å². The number of carbonyl (C=O) groups excluding carboxylic acids is 18. The predicted molar refractivity (Wildman–Crippen MR) is 482 cm³/mol. The molecule has 0 saturated carbocycles. The second-order valence-electron chi connectivity index (χ2n) is 32.9. The molecular formula is C88H120N22O21S. The maximum atomic E-state index is 15.5. The van der Waals surface area contributed by atoms with E-state index in [0.717, 1.165) is 31.4 Å². The third kappa shape index (κ3) is 28.9. The number of primary amides is 3. The first-order chi connectivity index (χ1) is 62.7. The molecule has 17 amide bonds. The number of thioether (sulfide) groups is 1. The van der Waals surface area contributed by atoms with Gasteiger partial charge in [-0.25, -0.2) is 4.98 Å². The highest BCUT2D eigenvalue weighted by molar-refractivity contribution is 8.00. The Balaban J connectivity index is 1.01. The van der Waals surface area contributed by atoms with Gasteiger partial charge in [-0.2, -0.15) is 11.8 Å². The molecule has 8 rings (SSSR count). The Hall–Kier alpha value is -13.8. The number of amides is 17. The Bertz CT molecular complexity index is 5180. The standard InChI is InChI=1S/C88H120N22O21S/c1-9-11-22-68(81(124)98-48(4)75(118)105-67(45-132-44-47(3)112)77(120)96-41-74(92)117)107(7)88(131)70(23-12-10-2)108(8)85(128)64(34-52-39-95-60-21-16-14-19-57(52)60)103-80(123)66(43-111)104-78(121)62(33-51-38-94-59-20-15-13-18-56(51)59)100-83(126)71-36-55(114)42-110(71)86(129)61(29-30-72(90)115)99-79(122)63(35-53-40-93-46-97-53)101-82(125)69-24-17-31-109(69)87(130)65(37-73(91)116)102-76(119)49(5)106(6)84(127)58(89)32-50-25-27-54(113)28-26-50/h13-16,18-21,25-28,32,38-40,46,48-49,55,61-71,94-95,111,113-114H,9-12,17,22-24,29-31,33-37,41-45,89H2,1-8H3,(H2,90,115)(H2,91,116)(H2,92,117)(H,93,97)(H,96,120)(H,98,124)(H,99,122)(H,100,126)(H,101,125)(H,102,119)(H,103,123)(H,104,121)(H,105,118)/b58-32+/t48-,49-,55+,61-,62-,63-,64-,65-,66-,67-,68-,69-,70-,71-/m0/s1. The first-order valence-corrected chi connectivity index (χ1v) is 44.6. The number of rotatable bonds is 50. The minimum Gasteiger partial charge on any atom is -0.508 e. The third-order valence-electron chi connectivity index (χ3n) is 22.9. The summed E-state index contributed by atoms with van der Waals surface area (Å²) in [5.74, 6) is -16.1. The fourth-order valence-corrected chi connectivity index (χ4v) is 16.4.